The number of aromatic nitrogens is 1. The summed E-state index contributed by atoms with van der Waals surface area (Å²) in [5.41, 5.74) is 1.74. The lowest BCUT2D eigenvalue weighted by atomic mass is 10.2. The molecule has 20 heavy (non-hydrogen) atoms. The number of nitrogens with zero attached hydrogens (tertiary/aromatic N) is 2. The first-order valence-electron chi connectivity index (χ1n) is 6.73. The van der Waals surface area contributed by atoms with E-state index in [2.05, 4.69) is 10.3 Å². The molecule has 0 amide bonds. The molecule has 0 saturated carbocycles. The Kier molecular flexibility index (Phi) is 5.80. The second-order valence-electron chi connectivity index (χ2n) is 5.15. The van der Waals surface area contributed by atoms with Crippen molar-refractivity contribution in [3.8, 4) is 0 Å². The maximum Gasteiger partial charge on any atom is 0.405 e. The number of aryl methyl sites for hydroxylation is 1. The smallest absolute Gasteiger partial charge is 0.348 e. The van der Waals surface area contributed by atoms with Crippen LogP contribution in [0.25, 0.3) is 0 Å². The molecular weight excluding hydrogens is 267 g/mol. The third-order valence-electron chi connectivity index (χ3n) is 2.87. The summed E-state index contributed by atoms with van der Waals surface area (Å²) in [7, 11) is 0. The first-order chi connectivity index (χ1) is 9.23. The van der Waals surface area contributed by atoms with Crippen LogP contribution in [0.5, 0.6) is 0 Å². The molecule has 1 N–H and O–H groups in total. The minimum absolute atomic E-state index is 0.275. The molecule has 3 nitrogen and oxygen atoms in total. The predicted molar refractivity (Wildman–Crippen MR) is 74.9 cm³/mol. The molecule has 1 aromatic rings. The molecule has 1 heterocycles. The zero-order valence-electron chi connectivity index (χ0n) is 12.4. The van der Waals surface area contributed by atoms with Gasteiger partial charge in [-0.15, -0.1) is 0 Å². The number of rotatable bonds is 6. The summed E-state index contributed by atoms with van der Waals surface area (Å²) in [6.45, 7) is 7.53. The summed E-state index contributed by atoms with van der Waals surface area (Å²) in [6.07, 6.45) is -2.58. The third-order valence-corrected chi connectivity index (χ3v) is 2.87. The van der Waals surface area contributed by atoms with Gasteiger partial charge in [-0.3, -0.25) is 0 Å². The van der Waals surface area contributed by atoms with Crippen molar-refractivity contribution in [2.75, 3.05) is 18.0 Å². The van der Waals surface area contributed by atoms with E-state index in [9.17, 15) is 13.2 Å². The molecule has 0 atom stereocenters. The lowest BCUT2D eigenvalue weighted by Crippen LogP contribution is -2.35. The molecule has 1 aromatic heterocycles. The fourth-order valence-electron chi connectivity index (χ4n) is 1.93. The second-order valence-corrected chi connectivity index (χ2v) is 5.15. The quantitative estimate of drug-likeness (QED) is 0.871. The molecule has 0 aliphatic rings. The second kappa shape index (κ2) is 6.92. The van der Waals surface area contributed by atoms with Crippen LogP contribution in [-0.2, 0) is 6.54 Å². The highest BCUT2D eigenvalue weighted by Gasteiger charge is 2.31. The van der Waals surface area contributed by atoms with Gasteiger partial charge in [0, 0.05) is 25.3 Å². The Balaban J connectivity index is 2.85. The molecular formula is C14H22F3N3. The molecule has 0 spiro atoms. The highest BCUT2D eigenvalue weighted by molar-refractivity contribution is 5.47. The van der Waals surface area contributed by atoms with Crippen LogP contribution < -0.4 is 10.2 Å². The Morgan fingerprint density at radius 1 is 1.35 bits per heavy atom. The molecule has 0 fully saturated rings. The van der Waals surface area contributed by atoms with Crippen molar-refractivity contribution in [2.45, 2.75) is 46.5 Å². The van der Waals surface area contributed by atoms with Gasteiger partial charge in [0.2, 0.25) is 0 Å². The number of alkyl halides is 3. The largest absolute Gasteiger partial charge is 0.405 e. The summed E-state index contributed by atoms with van der Waals surface area (Å²) in [5.74, 6) is 0.401. The Morgan fingerprint density at radius 3 is 2.45 bits per heavy atom. The molecule has 0 unspecified atom stereocenters. The van der Waals surface area contributed by atoms with Crippen molar-refractivity contribution >= 4 is 5.82 Å². The summed E-state index contributed by atoms with van der Waals surface area (Å²) in [5, 5.41) is 3.26. The van der Waals surface area contributed by atoms with Gasteiger partial charge in [0.15, 0.2) is 0 Å². The van der Waals surface area contributed by atoms with E-state index < -0.39 is 12.7 Å². The highest BCUT2D eigenvalue weighted by atomic mass is 19.4. The van der Waals surface area contributed by atoms with Crippen LogP contribution in [0.2, 0.25) is 0 Å². The van der Waals surface area contributed by atoms with E-state index in [4.69, 9.17) is 0 Å². The first kappa shape index (κ1) is 16.8. The van der Waals surface area contributed by atoms with E-state index in [1.807, 2.05) is 19.9 Å². The molecule has 6 heteroatoms. The van der Waals surface area contributed by atoms with Gasteiger partial charge in [0.05, 0.1) is 0 Å². The number of nitrogens with one attached hydrogen (secondary N) is 1. The summed E-state index contributed by atoms with van der Waals surface area (Å²) in [6, 6.07) is 2.24. The van der Waals surface area contributed by atoms with Crippen LogP contribution in [0.3, 0.4) is 0 Å². The van der Waals surface area contributed by atoms with Crippen LogP contribution in [0.1, 0.15) is 31.9 Å². The van der Waals surface area contributed by atoms with Crippen LogP contribution in [0.4, 0.5) is 19.0 Å². The van der Waals surface area contributed by atoms with Crippen molar-refractivity contribution in [3.63, 3.8) is 0 Å². The normalized spacial score (nSPS) is 12.0. The van der Waals surface area contributed by atoms with Crippen molar-refractivity contribution < 1.29 is 13.2 Å². The van der Waals surface area contributed by atoms with E-state index in [0.717, 1.165) is 11.1 Å². The van der Waals surface area contributed by atoms with Crippen LogP contribution >= 0.6 is 0 Å². The number of pyridine rings is 1. The Morgan fingerprint density at radius 2 is 2.00 bits per heavy atom. The summed E-state index contributed by atoms with van der Waals surface area (Å²) >= 11 is 0. The van der Waals surface area contributed by atoms with Gasteiger partial charge in [0.25, 0.3) is 0 Å². The highest BCUT2D eigenvalue weighted by Crippen LogP contribution is 2.23. The Hall–Kier alpha value is -1.30. The maximum atomic E-state index is 12.5. The van der Waals surface area contributed by atoms with E-state index in [1.54, 1.807) is 20.0 Å². The number of hydrogen-bond donors (Lipinski definition) is 1. The lowest BCUT2D eigenvalue weighted by molar-refractivity contribution is -0.119. The van der Waals surface area contributed by atoms with Gasteiger partial charge in [-0.05, 0) is 31.0 Å². The average Bonchev–Trinajstić information content (AvgIpc) is 2.33. The molecule has 1 rings (SSSR count). The van der Waals surface area contributed by atoms with Gasteiger partial charge in [-0.1, -0.05) is 13.8 Å². The van der Waals surface area contributed by atoms with Crippen molar-refractivity contribution in [1.29, 1.82) is 0 Å². The SMILES string of the molecule is CCN(CC(F)(F)F)c1ncc(CNC(C)C)cc1C. The summed E-state index contributed by atoms with van der Waals surface area (Å²) in [4.78, 5) is 5.44. The minimum Gasteiger partial charge on any atom is -0.348 e. The van der Waals surface area contributed by atoms with Crippen LogP contribution in [-0.4, -0.2) is 30.3 Å². The number of hydrogen-bond acceptors (Lipinski definition) is 3. The van der Waals surface area contributed by atoms with E-state index >= 15 is 0 Å². The van der Waals surface area contributed by atoms with Crippen molar-refractivity contribution in [2.24, 2.45) is 0 Å². The third kappa shape index (κ3) is 5.36. The van der Waals surface area contributed by atoms with Crippen LogP contribution in [0.15, 0.2) is 12.3 Å². The van der Waals surface area contributed by atoms with E-state index in [0.29, 0.717) is 18.4 Å². The van der Waals surface area contributed by atoms with Crippen molar-refractivity contribution in [1.82, 2.24) is 10.3 Å². The molecule has 114 valence electrons. The van der Waals surface area contributed by atoms with Crippen LogP contribution in [0, 0.1) is 6.92 Å². The molecule has 0 saturated heterocycles. The maximum absolute atomic E-state index is 12.5. The topological polar surface area (TPSA) is 28.2 Å². The number of anilines is 1. The molecule has 0 aliphatic carbocycles. The van der Waals surface area contributed by atoms with E-state index in [-0.39, 0.29) is 6.54 Å². The molecule has 0 bridgehead atoms. The first-order valence-corrected chi connectivity index (χ1v) is 6.73. The standard InChI is InChI=1S/C14H22F3N3/c1-5-20(9-14(15,16)17)13-11(4)6-12(8-19-13)7-18-10(2)3/h6,8,10,18H,5,7,9H2,1-4H3. The lowest BCUT2D eigenvalue weighted by Gasteiger charge is -2.25. The van der Waals surface area contributed by atoms with Gasteiger partial charge in [-0.25, -0.2) is 4.98 Å². The minimum atomic E-state index is -4.22. The zero-order valence-corrected chi connectivity index (χ0v) is 12.4. The van der Waals surface area contributed by atoms with Gasteiger partial charge in [0.1, 0.15) is 12.4 Å². The number of halogens is 3. The van der Waals surface area contributed by atoms with Gasteiger partial charge < -0.3 is 10.2 Å². The van der Waals surface area contributed by atoms with Gasteiger partial charge >= 0.3 is 6.18 Å². The monoisotopic (exact) mass is 289 g/mol. The predicted octanol–water partition coefficient (Wildman–Crippen LogP) is 3.28. The van der Waals surface area contributed by atoms with E-state index in [1.165, 1.54) is 4.90 Å². The van der Waals surface area contributed by atoms with Crippen molar-refractivity contribution in [3.05, 3.63) is 23.4 Å². The fraction of sp³-hybridized carbons (Fsp3) is 0.643. The molecule has 0 radical (unpaired) electrons. The molecule has 0 aliphatic heterocycles. The summed E-state index contributed by atoms with van der Waals surface area (Å²) < 4.78 is 37.6. The molecule has 0 aromatic carbocycles. The fourth-order valence-corrected chi connectivity index (χ4v) is 1.93. The Bertz CT molecular complexity index is 430. The zero-order chi connectivity index (χ0) is 15.3. The Labute approximate surface area is 118 Å². The van der Waals surface area contributed by atoms with Gasteiger partial charge in [-0.2, -0.15) is 13.2 Å². The average molecular weight is 289 g/mol.